The van der Waals surface area contributed by atoms with Gasteiger partial charge in [0.2, 0.25) is 0 Å². The van der Waals surface area contributed by atoms with E-state index < -0.39 is 0 Å². The SMILES string of the molecule is Cc1ccc(OCC(=O)Nc2ccc(OC[C@@H]3CCCO3)cc2)cc1C. The van der Waals surface area contributed by atoms with Gasteiger partial charge in [-0.25, -0.2) is 0 Å². The highest BCUT2D eigenvalue weighted by atomic mass is 16.5. The number of hydrogen-bond donors (Lipinski definition) is 1. The van der Waals surface area contributed by atoms with Gasteiger partial charge < -0.3 is 19.5 Å². The summed E-state index contributed by atoms with van der Waals surface area (Å²) >= 11 is 0. The number of anilines is 1. The third-order valence-electron chi connectivity index (χ3n) is 4.45. The van der Waals surface area contributed by atoms with Crippen LogP contribution < -0.4 is 14.8 Å². The maximum atomic E-state index is 12.0. The largest absolute Gasteiger partial charge is 0.491 e. The fraction of sp³-hybridized carbons (Fsp3) is 0.381. The number of carbonyl (C=O) groups excluding carboxylic acids is 1. The molecule has 1 aliphatic heterocycles. The summed E-state index contributed by atoms with van der Waals surface area (Å²) in [6.07, 6.45) is 2.34. The summed E-state index contributed by atoms with van der Waals surface area (Å²) in [5.74, 6) is 1.27. The lowest BCUT2D eigenvalue weighted by Crippen LogP contribution is -2.20. The predicted molar refractivity (Wildman–Crippen MR) is 101 cm³/mol. The summed E-state index contributed by atoms with van der Waals surface area (Å²) in [7, 11) is 0. The Labute approximate surface area is 154 Å². The lowest BCUT2D eigenvalue weighted by molar-refractivity contribution is -0.118. The van der Waals surface area contributed by atoms with Gasteiger partial charge in [-0.3, -0.25) is 4.79 Å². The van der Waals surface area contributed by atoms with Crippen LogP contribution in [0.1, 0.15) is 24.0 Å². The van der Waals surface area contributed by atoms with Gasteiger partial charge >= 0.3 is 0 Å². The molecule has 1 saturated heterocycles. The molecule has 1 N–H and O–H groups in total. The summed E-state index contributed by atoms with van der Waals surface area (Å²) in [4.78, 5) is 12.0. The van der Waals surface area contributed by atoms with E-state index in [9.17, 15) is 4.79 Å². The molecule has 0 aliphatic carbocycles. The molecule has 0 aromatic heterocycles. The lowest BCUT2D eigenvalue weighted by Gasteiger charge is -2.12. The normalized spacial score (nSPS) is 16.3. The van der Waals surface area contributed by atoms with Crippen molar-refractivity contribution in [3.63, 3.8) is 0 Å². The molecule has 1 heterocycles. The van der Waals surface area contributed by atoms with Crippen LogP contribution in [-0.2, 0) is 9.53 Å². The van der Waals surface area contributed by atoms with Crippen LogP contribution >= 0.6 is 0 Å². The summed E-state index contributed by atoms with van der Waals surface area (Å²) < 4.78 is 16.8. The molecule has 1 fully saturated rings. The Morgan fingerprint density at radius 2 is 1.85 bits per heavy atom. The molecule has 3 rings (SSSR count). The second kappa shape index (κ2) is 8.72. The van der Waals surface area contributed by atoms with Gasteiger partial charge in [0.1, 0.15) is 18.1 Å². The van der Waals surface area contributed by atoms with Gasteiger partial charge in [0.25, 0.3) is 5.91 Å². The number of nitrogens with one attached hydrogen (secondary N) is 1. The molecule has 1 aliphatic rings. The monoisotopic (exact) mass is 355 g/mol. The standard InChI is InChI=1S/C21H25NO4/c1-15-5-8-19(12-16(15)2)26-14-21(23)22-17-6-9-18(10-7-17)25-13-20-4-3-11-24-20/h5-10,12,20H,3-4,11,13-14H2,1-2H3,(H,22,23)/t20-/m0/s1. The first-order valence-corrected chi connectivity index (χ1v) is 8.94. The van der Waals surface area contributed by atoms with Crippen molar-refractivity contribution in [2.45, 2.75) is 32.8 Å². The van der Waals surface area contributed by atoms with Crippen LogP contribution in [0.2, 0.25) is 0 Å². The average Bonchev–Trinajstić information content (AvgIpc) is 3.16. The van der Waals surface area contributed by atoms with Crippen LogP contribution in [0.4, 0.5) is 5.69 Å². The zero-order chi connectivity index (χ0) is 18.4. The van der Waals surface area contributed by atoms with E-state index in [1.165, 1.54) is 5.56 Å². The molecule has 5 heteroatoms. The van der Waals surface area contributed by atoms with Crippen LogP contribution in [0.3, 0.4) is 0 Å². The fourth-order valence-corrected chi connectivity index (χ4v) is 2.75. The van der Waals surface area contributed by atoms with E-state index >= 15 is 0 Å². The molecule has 2 aromatic rings. The summed E-state index contributed by atoms with van der Waals surface area (Å²) in [6, 6.07) is 13.1. The molecule has 1 atom stereocenters. The third kappa shape index (κ3) is 5.23. The predicted octanol–water partition coefficient (Wildman–Crippen LogP) is 3.88. The first kappa shape index (κ1) is 18.3. The molecule has 26 heavy (non-hydrogen) atoms. The van der Waals surface area contributed by atoms with Gasteiger partial charge in [0.05, 0.1) is 6.10 Å². The second-order valence-electron chi connectivity index (χ2n) is 6.55. The number of amides is 1. The van der Waals surface area contributed by atoms with Crippen molar-refractivity contribution in [3.8, 4) is 11.5 Å². The van der Waals surface area contributed by atoms with E-state index in [0.29, 0.717) is 18.0 Å². The van der Waals surface area contributed by atoms with Crippen LogP contribution in [0.5, 0.6) is 11.5 Å². The minimum absolute atomic E-state index is 0.0280. The van der Waals surface area contributed by atoms with E-state index in [1.807, 2.05) is 56.3 Å². The molecule has 0 unspecified atom stereocenters. The van der Waals surface area contributed by atoms with E-state index in [2.05, 4.69) is 5.32 Å². The topological polar surface area (TPSA) is 56.8 Å². The quantitative estimate of drug-likeness (QED) is 0.819. The maximum absolute atomic E-state index is 12.0. The van der Waals surface area contributed by atoms with Crippen molar-refractivity contribution >= 4 is 11.6 Å². The molecule has 5 nitrogen and oxygen atoms in total. The average molecular weight is 355 g/mol. The number of aryl methyl sites for hydroxylation is 2. The molecule has 2 aromatic carbocycles. The number of carbonyl (C=O) groups is 1. The smallest absolute Gasteiger partial charge is 0.262 e. The van der Waals surface area contributed by atoms with Crippen LogP contribution in [0, 0.1) is 13.8 Å². The Morgan fingerprint density at radius 1 is 1.08 bits per heavy atom. The molecule has 138 valence electrons. The van der Waals surface area contributed by atoms with Crippen LogP contribution in [-0.4, -0.2) is 31.8 Å². The highest BCUT2D eigenvalue weighted by molar-refractivity contribution is 5.91. The van der Waals surface area contributed by atoms with Gasteiger partial charge in [0, 0.05) is 12.3 Å². The van der Waals surface area contributed by atoms with Crippen molar-refractivity contribution in [2.75, 3.05) is 25.1 Å². The Morgan fingerprint density at radius 3 is 2.54 bits per heavy atom. The fourth-order valence-electron chi connectivity index (χ4n) is 2.75. The van der Waals surface area contributed by atoms with E-state index in [4.69, 9.17) is 14.2 Å². The first-order chi connectivity index (χ1) is 12.6. The van der Waals surface area contributed by atoms with Gasteiger partial charge in [-0.2, -0.15) is 0 Å². The number of benzene rings is 2. The van der Waals surface area contributed by atoms with Crippen LogP contribution in [0.25, 0.3) is 0 Å². The zero-order valence-corrected chi connectivity index (χ0v) is 15.3. The van der Waals surface area contributed by atoms with Crippen molar-refractivity contribution in [1.82, 2.24) is 0 Å². The third-order valence-corrected chi connectivity index (χ3v) is 4.45. The molecule has 1 amide bonds. The van der Waals surface area contributed by atoms with E-state index in [-0.39, 0.29) is 18.6 Å². The summed E-state index contributed by atoms with van der Waals surface area (Å²) in [5, 5.41) is 2.82. The van der Waals surface area contributed by atoms with Crippen molar-refractivity contribution in [2.24, 2.45) is 0 Å². The summed E-state index contributed by atoms with van der Waals surface area (Å²) in [6.45, 7) is 5.42. The number of hydrogen-bond acceptors (Lipinski definition) is 4. The second-order valence-corrected chi connectivity index (χ2v) is 6.55. The molecule has 0 saturated carbocycles. The van der Waals surface area contributed by atoms with Gasteiger partial charge in [0.15, 0.2) is 6.61 Å². The Balaban J connectivity index is 1.44. The Bertz CT molecular complexity index is 736. The van der Waals surface area contributed by atoms with Crippen molar-refractivity contribution in [3.05, 3.63) is 53.6 Å². The van der Waals surface area contributed by atoms with Gasteiger partial charge in [-0.1, -0.05) is 6.07 Å². The molecular formula is C21H25NO4. The minimum Gasteiger partial charge on any atom is -0.491 e. The van der Waals surface area contributed by atoms with Crippen molar-refractivity contribution < 1.29 is 19.0 Å². The molecular weight excluding hydrogens is 330 g/mol. The Hall–Kier alpha value is -2.53. The maximum Gasteiger partial charge on any atom is 0.262 e. The Kier molecular flexibility index (Phi) is 6.12. The highest BCUT2D eigenvalue weighted by Gasteiger charge is 2.15. The zero-order valence-electron chi connectivity index (χ0n) is 15.3. The van der Waals surface area contributed by atoms with Crippen LogP contribution in [0.15, 0.2) is 42.5 Å². The molecule has 0 bridgehead atoms. The lowest BCUT2D eigenvalue weighted by atomic mass is 10.1. The van der Waals surface area contributed by atoms with E-state index in [0.717, 1.165) is 30.8 Å². The first-order valence-electron chi connectivity index (χ1n) is 8.94. The van der Waals surface area contributed by atoms with Gasteiger partial charge in [-0.15, -0.1) is 0 Å². The van der Waals surface area contributed by atoms with Gasteiger partial charge in [-0.05, 0) is 74.2 Å². The minimum atomic E-state index is -0.198. The van der Waals surface area contributed by atoms with Crippen molar-refractivity contribution in [1.29, 1.82) is 0 Å². The highest BCUT2D eigenvalue weighted by Crippen LogP contribution is 2.19. The molecule has 0 radical (unpaired) electrons. The summed E-state index contributed by atoms with van der Waals surface area (Å²) in [5.41, 5.74) is 3.05. The molecule has 0 spiro atoms. The number of ether oxygens (including phenoxy) is 3. The number of rotatable bonds is 7. The van der Waals surface area contributed by atoms with E-state index in [1.54, 1.807) is 0 Å².